The van der Waals surface area contributed by atoms with Crippen molar-refractivity contribution in [2.75, 3.05) is 6.54 Å². The van der Waals surface area contributed by atoms with Crippen LogP contribution in [0.25, 0.3) is 0 Å². The van der Waals surface area contributed by atoms with Gasteiger partial charge in [-0.3, -0.25) is 0 Å². The van der Waals surface area contributed by atoms with Crippen molar-refractivity contribution in [3.05, 3.63) is 34.9 Å². The molecule has 4 heteroatoms. The average molecular weight is 221 g/mol. The molecule has 0 bridgehead atoms. The second kappa shape index (κ2) is 6.22. The third-order valence-electron chi connectivity index (χ3n) is 1.69. The highest BCUT2D eigenvalue weighted by atomic mass is 35.5. The van der Waals surface area contributed by atoms with E-state index >= 15 is 0 Å². The lowest BCUT2D eigenvalue weighted by Gasteiger charge is -2.07. The van der Waals surface area contributed by atoms with Gasteiger partial charge in [0.1, 0.15) is 0 Å². The molecule has 0 saturated carbocycles. The molecule has 0 aliphatic carbocycles. The van der Waals surface area contributed by atoms with Gasteiger partial charge >= 0.3 is 0 Å². The molecule has 0 fully saturated rings. The van der Waals surface area contributed by atoms with Crippen molar-refractivity contribution < 1.29 is 0 Å². The van der Waals surface area contributed by atoms with Crippen LogP contribution in [0.3, 0.4) is 0 Å². The third-order valence-corrected chi connectivity index (χ3v) is 1.92. The predicted octanol–water partition coefficient (Wildman–Crippen LogP) is 1.59. The Balaban J connectivity index is 0.00000144. The molecule has 0 amide bonds. The van der Waals surface area contributed by atoms with Gasteiger partial charge in [-0.05, 0) is 24.1 Å². The lowest BCUT2D eigenvalue weighted by atomic mass is 10.1. The highest BCUT2D eigenvalue weighted by Gasteiger charge is 2.01. The maximum atomic E-state index is 5.80. The van der Waals surface area contributed by atoms with E-state index in [4.69, 9.17) is 23.1 Å². The predicted molar refractivity (Wildman–Crippen MR) is 59.4 cm³/mol. The van der Waals surface area contributed by atoms with Gasteiger partial charge in [0.05, 0.1) is 0 Å². The summed E-state index contributed by atoms with van der Waals surface area (Å²) < 4.78 is 0. The van der Waals surface area contributed by atoms with Crippen molar-refractivity contribution in [2.24, 2.45) is 11.5 Å². The van der Waals surface area contributed by atoms with Gasteiger partial charge in [-0.25, -0.2) is 0 Å². The zero-order valence-corrected chi connectivity index (χ0v) is 8.81. The van der Waals surface area contributed by atoms with Crippen LogP contribution < -0.4 is 11.5 Å². The summed E-state index contributed by atoms with van der Waals surface area (Å²) in [6.07, 6.45) is 0.789. The molecule has 4 N–H and O–H groups in total. The average Bonchev–Trinajstić information content (AvgIpc) is 2.04. The molecule has 0 aromatic heterocycles. The maximum Gasteiger partial charge on any atom is 0.0408 e. The zero-order chi connectivity index (χ0) is 8.97. The molecule has 1 rings (SSSR count). The number of hydrogen-bond donors (Lipinski definition) is 2. The molecule has 0 heterocycles. The minimum absolute atomic E-state index is 0. The highest BCUT2D eigenvalue weighted by Crippen LogP contribution is 2.11. The van der Waals surface area contributed by atoms with Crippen LogP contribution in [-0.2, 0) is 6.42 Å². The Hall–Kier alpha value is -0.280. The monoisotopic (exact) mass is 220 g/mol. The maximum absolute atomic E-state index is 5.80. The fraction of sp³-hybridized carbons (Fsp3) is 0.333. The van der Waals surface area contributed by atoms with E-state index in [0.717, 1.165) is 17.0 Å². The van der Waals surface area contributed by atoms with Gasteiger partial charge in [-0.1, -0.05) is 23.7 Å². The number of benzene rings is 1. The molecule has 0 aliphatic heterocycles. The molecule has 1 aromatic carbocycles. The summed E-state index contributed by atoms with van der Waals surface area (Å²) in [4.78, 5) is 0. The molecule has 1 unspecified atom stereocenters. The Kier molecular flexibility index (Phi) is 6.08. The van der Waals surface area contributed by atoms with Crippen LogP contribution >= 0.6 is 24.0 Å². The lowest BCUT2D eigenvalue weighted by Crippen LogP contribution is -2.31. The highest BCUT2D eigenvalue weighted by molar-refractivity contribution is 6.30. The Labute approximate surface area is 89.7 Å². The molecule has 0 radical (unpaired) electrons. The van der Waals surface area contributed by atoms with Gasteiger partial charge < -0.3 is 11.5 Å². The van der Waals surface area contributed by atoms with E-state index in [2.05, 4.69) is 0 Å². The Morgan fingerprint density at radius 2 is 2.08 bits per heavy atom. The number of nitrogens with two attached hydrogens (primary N) is 2. The van der Waals surface area contributed by atoms with Crippen molar-refractivity contribution >= 4 is 24.0 Å². The molecule has 1 aromatic rings. The molecule has 2 nitrogen and oxygen atoms in total. The minimum atomic E-state index is 0. The SMILES string of the molecule is Cl.NCC(N)Cc1cccc(Cl)c1. The second-order valence-electron chi connectivity index (χ2n) is 2.83. The van der Waals surface area contributed by atoms with Crippen LogP contribution in [0, 0.1) is 0 Å². The van der Waals surface area contributed by atoms with E-state index in [1.54, 1.807) is 0 Å². The first-order chi connectivity index (χ1) is 5.72. The lowest BCUT2D eigenvalue weighted by molar-refractivity contribution is 0.679. The van der Waals surface area contributed by atoms with Crippen molar-refractivity contribution in [1.82, 2.24) is 0 Å². The summed E-state index contributed by atoms with van der Waals surface area (Å²) in [5, 5.41) is 0.747. The Bertz CT molecular complexity index is 253. The van der Waals surface area contributed by atoms with Gasteiger partial charge in [-0.2, -0.15) is 0 Å². The van der Waals surface area contributed by atoms with Crippen LogP contribution in [0.4, 0.5) is 0 Å². The number of halogens is 2. The first-order valence-corrected chi connectivity index (χ1v) is 4.30. The topological polar surface area (TPSA) is 52.0 Å². The quantitative estimate of drug-likeness (QED) is 0.814. The van der Waals surface area contributed by atoms with Crippen molar-refractivity contribution in [1.29, 1.82) is 0 Å². The van der Waals surface area contributed by atoms with E-state index in [0.29, 0.717) is 6.54 Å². The summed E-state index contributed by atoms with van der Waals surface area (Å²) >= 11 is 5.80. The van der Waals surface area contributed by atoms with E-state index in [1.165, 1.54) is 0 Å². The van der Waals surface area contributed by atoms with Crippen molar-refractivity contribution in [2.45, 2.75) is 12.5 Å². The summed E-state index contributed by atoms with van der Waals surface area (Å²) in [6, 6.07) is 7.71. The largest absolute Gasteiger partial charge is 0.329 e. The van der Waals surface area contributed by atoms with Crippen LogP contribution in [0.1, 0.15) is 5.56 Å². The van der Waals surface area contributed by atoms with Gasteiger partial charge in [0.2, 0.25) is 0 Å². The molecule has 0 saturated heterocycles. The van der Waals surface area contributed by atoms with Crippen LogP contribution in [0.2, 0.25) is 5.02 Å². The zero-order valence-electron chi connectivity index (χ0n) is 7.24. The summed E-state index contributed by atoms with van der Waals surface area (Å²) in [5.74, 6) is 0. The minimum Gasteiger partial charge on any atom is -0.329 e. The van der Waals surface area contributed by atoms with Crippen LogP contribution in [0.5, 0.6) is 0 Å². The standard InChI is InChI=1S/C9H13ClN2.ClH/c10-8-3-1-2-7(4-8)5-9(12)6-11;/h1-4,9H,5-6,11-12H2;1H. The molecular weight excluding hydrogens is 207 g/mol. The molecule has 1 atom stereocenters. The van der Waals surface area contributed by atoms with Gasteiger partial charge in [-0.15, -0.1) is 12.4 Å². The van der Waals surface area contributed by atoms with Gasteiger partial charge in [0.15, 0.2) is 0 Å². The first kappa shape index (κ1) is 12.7. The van der Waals surface area contributed by atoms with Gasteiger partial charge in [0.25, 0.3) is 0 Å². The Morgan fingerprint density at radius 1 is 1.38 bits per heavy atom. The molecule has 74 valence electrons. The summed E-state index contributed by atoms with van der Waals surface area (Å²) in [6.45, 7) is 0.506. The fourth-order valence-electron chi connectivity index (χ4n) is 1.05. The van der Waals surface area contributed by atoms with Gasteiger partial charge in [0, 0.05) is 17.6 Å². The van der Waals surface area contributed by atoms with Crippen LogP contribution in [0.15, 0.2) is 24.3 Å². The normalized spacial score (nSPS) is 11.9. The third kappa shape index (κ3) is 4.48. The molecule has 0 spiro atoms. The van der Waals surface area contributed by atoms with Crippen molar-refractivity contribution in [3.63, 3.8) is 0 Å². The first-order valence-electron chi connectivity index (χ1n) is 3.92. The smallest absolute Gasteiger partial charge is 0.0408 e. The van der Waals surface area contributed by atoms with E-state index in [-0.39, 0.29) is 18.4 Å². The Morgan fingerprint density at radius 3 is 2.62 bits per heavy atom. The summed E-state index contributed by atoms with van der Waals surface area (Å²) in [5.41, 5.74) is 12.2. The summed E-state index contributed by atoms with van der Waals surface area (Å²) in [7, 11) is 0. The molecular formula is C9H14Cl2N2. The van der Waals surface area contributed by atoms with E-state index < -0.39 is 0 Å². The van der Waals surface area contributed by atoms with E-state index in [1.807, 2.05) is 24.3 Å². The van der Waals surface area contributed by atoms with E-state index in [9.17, 15) is 0 Å². The number of rotatable bonds is 3. The van der Waals surface area contributed by atoms with Crippen LogP contribution in [-0.4, -0.2) is 12.6 Å². The fourth-order valence-corrected chi connectivity index (χ4v) is 1.26. The molecule has 0 aliphatic rings. The van der Waals surface area contributed by atoms with Crippen molar-refractivity contribution in [3.8, 4) is 0 Å². The second-order valence-corrected chi connectivity index (χ2v) is 3.27. The molecule has 13 heavy (non-hydrogen) atoms. The number of hydrogen-bond acceptors (Lipinski definition) is 2.